The van der Waals surface area contributed by atoms with Gasteiger partial charge in [0.15, 0.2) is 0 Å². The number of hydrogen-bond donors (Lipinski definition) is 2. The van der Waals surface area contributed by atoms with Crippen molar-refractivity contribution < 1.29 is 14.3 Å². The topological polar surface area (TPSA) is 67.4 Å². The Kier molecular flexibility index (Phi) is 6.73. The lowest BCUT2D eigenvalue weighted by Crippen LogP contribution is -2.47. The lowest BCUT2D eigenvalue weighted by molar-refractivity contribution is -0.144. The molecule has 0 aliphatic heterocycles. The highest BCUT2D eigenvalue weighted by molar-refractivity contribution is 5.83. The fraction of sp³-hybridized carbons (Fsp3) is 0.467. The van der Waals surface area contributed by atoms with E-state index in [0.29, 0.717) is 13.1 Å². The van der Waals surface area contributed by atoms with E-state index in [1.807, 2.05) is 12.1 Å². The third-order valence-electron chi connectivity index (χ3n) is 3.03. The summed E-state index contributed by atoms with van der Waals surface area (Å²) in [6, 6.07) is 7.48. The van der Waals surface area contributed by atoms with Crippen LogP contribution in [0.1, 0.15) is 25.0 Å². The molecule has 2 N–H and O–H groups in total. The van der Waals surface area contributed by atoms with Gasteiger partial charge >= 0.3 is 5.97 Å². The van der Waals surface area contributed by atoms with E-state index in [1.54, 1.807) is 0 Å². The van der Waals surface area contributed by atoms with Crippen LogP contribution in [0.15, 0.2) is 24.3 Å². The van der Waals surface area contributed by atoms with Crippen LogP contribution >= 0.6 is 0 Å². The molecule has 1 aromatic rings. The molecule has 0 fully saturated rings. The maximum absolute atomic E-state index is 11.5. The van der Waals surface area contributed by atoms with E-state index in [4.69, 9.17) is 0 Å². The van der Waals surface area contributed by atoms with Gasteiger partial charge in [-0.1, -0.05) is 31.2 Å². The number of carbonyl (C=O) groups is 2. The van der Waals surface area contributed by atoms with E-state index in [1.165, 1.54) is 25.2 Å². The molecular weight excluding hydrogens is 256 g/mol. The third-order valence-corrected chi connectivity index (χ3v) is 3.03. The lowest BCUT2D eigenvalue weighted by atomic mass is 10.1. The van der Waals surface area contributed by atoms with Gasteiger partial charge in [-0.3, -0.25) is 4.79 Å². The molecule has 1 amide bonds. The summed E-state index contributed by atoms with van der Waals surface area (Å²) < 4.78 is 4.67. The van der Waals surface area contributed by atoms with Crippen LogP contribution in [0.2, 0.25) is 0 Å². The first-order chi connectivity index (χ1) is 9.58. The summed E-state index contributed by atoms with van der Waals surface area (Å²) in [7, 11) is 1.31. The highest BCUT2D eigenvalue weighted by Gasteiger charge is 2.19. The van der Waals surface area contributed by atoms with Gasteiger partial charge in [0.1, 0.15) is 6.04 Å². The van der Waals surface area contributed by atoms with Crippen molar-refractivity contribution in [3.05, 3.63) is 35.4 Å². The van der Waals surface area contributed by atoms with Gasteiger partial charge in [-0.25, -0.2) is 4.79 Å². The Morgan fingerprint density at radius 2 is 1.90 bits per heavy atom. The van der Waals surface area contributed by atoms with E-state index in [0.717, 1.165) is 6.42 Å². The van der Waals surface area contributed by atoms with Gasteiger partial charge in [-0.2, -0.15) is 0 Å². The number of esters is 1. The molecule has 0 aliphatic carbocycles. The summed E-state index contributed by atoms with van der Waals surface area (Å²) in [5.74, 6) is -0.701. The first-order valence-electron chi connectivity index (χ1n) is 6.70. The van der Waals surface area contributed by atoms with Crippen molar-refractivity contribution >= 4 is 11.9 Å². The molecule has 0 saturated carbocycles. The van der Waals surface area contributed by atoms with E-state index in [2.05, 4.69) is 34.4 Å². The second kappa shape index (κ2) is 8.32. The zero-order valence-corrected chi connectivity index (χ0v) is 12.2. The van der Waals surface area contributed by atoms with E-state index in [9.17, 15) is 9.59 Å². The summed E-state index contributed by atoms with van der Waals surface area (Å²) in [5, 5.41) is 5.75. The minimum atomic E-state index is -0.661. The number of aryl methyl sites for hydroxylation is 1. The van der Waals surface area contributed by atoms with Gasteiger partial charge in [0.2, 0.25) is 5.91 Å². The van der Waals surface area contributed by atoms with Gasteiger partial charge in [-0.15, -0.1) is 0 Å². The van der Waals surface area contributed by atoms with Crippen LogP contribution in [-0.4, -0.2) is 31.6 Å². The summed E-state index contributed by atoms with van der Waals surface area (Å²) in [4.78, 5) is 22.6. The molecule has 20 heavy (non-hydrogen) atoms. The van der Waals surface area contributed by atoms with Crippen molar-refractivity contribution in [2.24, 2.45) is 0 Å². The Morgan fingerprint density at radius 3 is 2.45 bits per heavy atom. The van der Waals surface area contributed by atoms with Gasteiger partial charge in [0.25, 0.3) is 0 Å². The van der Waals surface area contributed by atoms with Crippen molar-refractivity contribution in [3.8, 4) is 0 Å². The fourth-order valence-electron chi connectivity index (χ4n) is 2.01. The second-order valence-corrected chi connectivity index (χ2v) is 4.53. The van der Waals surface area contributed by atoms with Crippen molar-refractivity contribution in [1.29, 1.82) is 0 Å². The van der Waals surface area contributed by atoms with Crippen molar-refractivity contribution in [2.75, 3.05) is 13.7 Å². The normalized spacial score (nSPS) is 11.8. The Morgan fingerprint density at radius 1 is 1.25 bits per heavy atom. The maximum Gasteiger partial charge on any atom is 0.329 e. The predicted octanol–water partition coefficient (Wildman–Crippen LogP) is 1.02. The molecule has 0 radical (unpaired) electrons. The van der Waals surface area contributed by atoms with Crippen molar-refractivity contribution in [2.45, 2.75) is 32.9 Å². The van der Waals surface area contributed by atoms with Gasteiger partial charge in [-0.05, 0) is 17.5 Å². The molecule has 1 aromatic carbocycles. The van der Waals surface area contributed by atoms with Crippen LogP contribution in [0.3, 0.4) is 0 Å². The highest BCUT2D eigenvalue weighted by atomic mass is 16.5. The molecule has 0 aliphatic rings. The zero-order valence-electron chi connectivity index (χ0n) is 12.2. The van der Waals surface area contributed by atoms with E-state index >= 15 is 0 Å². The average Bonchev–Trinajstić information content (AvgIpc) is 2.45. The number of benzene rings is 1. The van der Waals surface area contributed by atoms with Crippen LogP contribution in [0.5, 0.6) is 0 Å². The molecule has 5 heteroatoms. The number of methoxy groups -OCH3 is 1. The Bertz CT molecular complexity index is 460. The molecule has 1 atom stereocenters. The third kappa shape index (κ3) is 5.01. The largest absolute Gasteiger partial charge is 0.467 e. The molecule has 1 unspecified atom stereocenters. The molecule has 110 valence electrons. The maximum atomic E-state index is 11.5. The summed E-state index contributed by atoms with van der Waals surface area (Å²) in [6.45, 7) is 4.47. The summed E-state index contributed by atoms with van der Waals surface area (Å²) >= 11 is 0. The van der Waals surface area contributed by atoms with E-state index < -0.39 is 12.0 Å². The minimum Gasteiger partial charge on any atom is -0.467 e. The fourth-order valence-corrected chi connectivity index (χ4v) is 2.01. The molecule has 0 spiro atoms. The van der Waals surface area contributed by atoms with Crippen LogP contribution in [0.25, 0.3) is 0 Å². The molecule has 0 bridgehead atoms. The smallest absolute Gasteiger partial charge is 0.329 e. The number of hydrogen-bond acceptors (Lipinski definition) is 4. The van der Waals surface area contributed by atoms with Crippen molar-refractivity contribution in [3.63, 3.8) is 0 Å². The molecule has 0 heterocycles. The highest BCUT2D eigenvalue weighted by Crippen LogP contribution is 2.08. The van der Waals surface area contributed by atoms with E-state index in [-0.39, 0.29) is 5.91 Å². The monoisotopic (exact) mass is 278 g/mol. The van der Waals surface area contributed by atoms with Crippen LogP contribution in [-0.2, 0) is 27.3 Å². The summed E-state index contributed by atoms with van der Waals surface area (Å²) in [5.41, 5.74) is 2.47. The summed E-state index contributed by atoms with van der Waals surface area (Å²) in [6.07, 6.45) is 0.962. The van der Waals surface area contributed by atoms with Crippen molar-refractivity contribution in [1.82, 2.24) is 10.6 Å². The van der Waals surface area contributed by atoms with Crippen LogP contribution < -0.4 is 10.6 Å². The van der Waals surface area contributed by atoms with Gasteiger partial charge in [0.05, 0.1) is 7.11 Å². The predicted molar refractivity (Wildman–Crippen MR) is 77.1 cm³/mol. The molecule has 1 rings (SSSR count). The molecule has 5 nitrogen and oxygen atoms in total. The lowest BCUT2D eigenvalue weighted by Gasteiger charge is -2.16. The first-order valence-corrected chi connectivity index (χ1v) is 6.70. The Balaban J connectivity index is 2.55. The minimum absolute atomic E-state index is 0.254. The Labute approximate surface area is 119 Å². The molecular formula is C15H22N2O3. The SMILES string of the molecule is CCc1ccccc1CNCC(NC(C)=O)C(=O)OC. The number of carbonyl (C=O) groups excluding carboxylic acids is 2. The number of amides is 1. The number of nitrogens with one attached hydrogen (secondary N) is 2. The van der Waals surface area contributed by atoms with Crippen LogP contribution in [0, 0.1) is 0 Å². The Hall–Kier alpha value is -1.88. The molecule has 0 aromatic heterocycles. The molecule has 0 saturated heterocycles. The average molecular weight is 278 g/mol. The first kappa shape index (κ1) is 16.2. The number of rotatable bonds is 7. The van der Waals surface area contributed by atoms with Gasteiger partial charge < -0.3 is 15.4 Å². The second-order valence-electron chi connectivity index (χ2n) is 4.53. The standard InChI is InChI=1S/C15H22N2O3/c1-4-12-7-5-6-8-13(12)9-16-10-14(15(19)20-3)17-11(2)18/h5-8,14,16H,4,9-10H2,1-3H3,(H,17,18). The van der Waals surface area contributed by atoms with Crippen LogP contribution in [0.4, 0.5) is 0 Å². The number of ether oxygens (including phenoxy) is 1. The van der Waals surface area contributed by atoms with Gasteiger partial charge in [0, 0.05) is 20.0 Å². The quantitative estimate of drug-likeness (QED) is 0.731. The zero-order chi connectivity index (χ0) is 15.0.